The predicted molar refractivity (Wildman–Crippen MR) is 123 cm³/mol. The van der Waals surface area contributed by atoms with Crippen molar-refractivity contribution >= 4 is 18.0 Å². The van der Waals surface area contributed by atoms with Crippen LogP contribution < -0.4 is 10.6 Å². The Bertz CT molecular complexity index is 1060. The lowest BCUT2D eigenvalue weighted by molar-refractivity contribution is -0.137. The molecule has 2 fully saturated rings. The number of hydrogen-bond acceptors (Lipinski definition) is 5. The van der Waals surface area contributed by atoms with Gasteiger partial charge in [0.05, 0.1) is 18.2 Å². The van der Waals surface area contributed by atoms with Crippen LogP contribution in [0.25, 0.3) is 11.1 Å². The Morgan fingerprint density at radius 2 is 1.71 bits per heavy atom. The third kappa shape index (κ3) is 4.50. The van der Waals surface area contributed by atoms with E-state index in [2.05, 4.69) is 22.8 Å². The van der Waals surface area contributed by atoms with Crippen LogP contribution in [0.15, 0.2) is 48.5 Å². The van der Waals surface area contributed by atoms with Gasteiger partial charge in [-0.05, 0) is 47.9 Å². The van der Waals surface area contributed by atoms with Crippen molar-refractivity contribution in [2.75, 3.05) is 6.61 Å². The second-order valence-electron chi connectivity index (χ2n) is 9.18. The van der Waals surface area contributed by atoms with E-state index in [0.717, 1.165) is 41.5 Å². The van der Waals surface area contributed by atoms with E-state index in [-0.39, 0.29) is 43.6 Å². The van der Waals surface area contributed by atoms with Crippen LogP contribution in [0.1, 0.15) is 49.1 Å². The maximum Gasteiger partial charge on any atom is 0.407 e. The Balaban J connectivity index is 1.22. The molecule has 5 rings (SSSR count). The zero-order chi connectivity index (χ0) is 23.7. The molecule has 34 heavy (non-hydrogen) atoms. The molecule has 2 amide bonds. The summed E-state index contributed by atoms with van der Waals surface area (Å²) in [6.45, 7) is 0.118. The molecule has 8 heteroatoms. The van der Waals surface area contributed by atoms with Crippen molar-refractivity contribution < 1.29 is 29.0 Å². The standard InChI is InChI=1S/C26H28N2O6/c29-24(30)12-10-21(25(31)27-22-13-15-9-11-23(22)34-15)28-26(32)33-14-20-18-7-3-1-5-16(18)17-6-2-4-8-19(17)20/h1-8,15,20-23H,9-14H2,(H,27,31)(H,28,32)(H,29,30). The first-order valence-electron chi connectivity index (χ1n) is 11.8. The largest absolute Gasteiger partial charge is 0.481 e. The van der Waals surface area contributed by atoms with Gasteiger partial charge in [0.25, 0.3) is 0 Å². The monoisotopic (exact) mass is 464 g/mol. The quantitative estimate of drug-likeness (QED) is 0.553. The smallest absolute Gasteiger partial charge is 0.407 e. The molecular weight excluding hydrogens is 436 g/mol. The van der Waals surface area contributed by atoms with Crippen LogP contribution in [0.3, 0.4) is 0 Å². The van der Waals surface area contributed by atoms with E-state index in [1.54, 1.807) is 0 Å². The summed E-state index contributed by atoms with van der Waals surface area (Å²) < 4.78 is 11.3. The highest BCUT2D eigenvalue weighted by atomic mass is 16.5. The van der Waals surface area contributed by atoms with Crippen LogP contribution in [0.2, 0.25) is 0 Å². The summed E-state index contributed by atoms with van der Waals surface area (Å²) in [5.74, 6) is -1.54. The molecule has 0 spiro atoms. The molecule has 2 aromatic carbocycles. The Kier molecular flexibility index (Phi) is 6.24. The Labute approximate surface area is 197 Å². The number of benzene rings is 2. The van der Waals surface area contributed by atoms with Gasteiger partial charge in [-0.15, -0.1) is 0 Å². The topological polar surface area (TPSA) is 114 Å². The van der Waals surface area contributed by atoms with Crippen LogP contribution >= 0.6 is 0 Å². The fourth-order valence-electron chi connectivity index (χ4n) is 5.39. The molecule has 2 aromatic rings. The first-order chi connectivity index (χ1) is 16.5. The Morgan fingerprint density at radius 3 is 2.29 bits per heavy atom. The van der Waals surface area contributed by atoms with E-state index >= 15 is 0 Å². The molecule has 1 aliphatic carbocycles. The number of carboxylic acid groups (broad SMARTS) is 1. The van der Waals surface area contributed by atoms with Gasteiger partial charge >= 0.3 is 12.1 Å². The van der Waals surface area contributed by atoms with Gasteiger partial charge in [0.1, 0.15) is 12.6 Å². The minimum absolute atomic E-state index is 0.0106. The second kappa shape index (κ2) is 9.46. The number of carbonyl (C=O) groups excluding carboxylic acids is 2. The minimum Gasteiger partial charge on any atom is -0.481 e. The third-order valence-corrected chi connectivity index (χ3v) is 7.03. The molecule has 4 atom stereocenters. The second-order valence-corrected chi connectivity index (χ2v) is 9.18. The molecule has 0 aromatic heterocycles. The van der Waals surface area contributed by atoms with Gasteiger partial charge in [0.15, 0.2) is 0 Å². The summed E-state index contributed by atoms with van der Waals surface area (Å²) in [5.41, 5.74) is 4.43. The number of hydrogen-bond donors (Lipinski definition) is 3. The summed E-state index contributed by atoms with van der Waals surface area (Å²) in [6.07, 6.45) is 1.80. The summed E-state index contributed by atoms with van der Waals surface area (Å²) in [7, 11) is 0. The number of carboxylic acids is 1. The van der Waals surface area contributed by atoms with Crippen molar-refractivity contribution in [3.8, 4) is 11.1 Å². The number of amides is 2. The summed E-state index contributed by atoms with van der Waals surface area (Å²) >= 11 is 0. The SMILES string of the molecule is O=C(O)CCC(NC(=O)OCC1c2ccccc2-c2ccccc21)C(=O)NC1CC2CCC1O2. The number of nitrogens with one attached hydrogen (secondary N) is 2. The van der Waals surface area contributed by atoms with Crippen molar-refractivity contribution in [1.29, 1.82) is 0 Å². The van der Waals surface area contributed by atoms with Crippen LogP contribution in [0, 0.1) is 0 Å². The average Bonchev–Trinajstić information content (AvgIpc) is 3.53. The highest BCUT2D eigenvalue weighted by Gasteiger charge is 2.42. The van der Waals surface area contributed by atoms with Crippen molar-refractivity contribution in [3.05, 3.63) is 59.7 Å². The molecule has 2 bridgehead atoms. The molecule has 2 aliphatic heterocycles. The number of alkyl carbamates (subject to hydrolysis) is 1. The van der Waals surface area contributed by atoms with Crippen molar-refractivity contribution in [1.82, 2.24) is 10.6 Å². The average molecular weight is 465 g/mol. The highest BCUT2D eigenvalue weighted by molar-refractivity contribution is 5.86. The zero-order valence-electron chi connectivity index (χ0n) is 18.7. The zero-order valence-corrected chi connectivity index (χ0v) is 18.7. The number of carbonyl (C=O) groups is 3. The van der Waals surface area contributed by atoms with Gasteiger partial charge in [-0.3, -0.25) is 9.59 Å². The molecule has 2 saturated heterocycles. The molecule has 3 N–H and O–H groups in total. The van der Waals surface area contributed by atoms with Crippen LogP contribution in [0.5, 0.6) is 0 Å². The number of rotatable bonds is 8. The lowest BCUT2D eigenvalue weighted by Gasteiger charge is -2.24. The summed E-state index contributed by atoms with van der Waals surface area (Å²) in [5, 5.41) is 14.6. The third-order valence-electron chi connectivity index (χ3n) is 7.03. The van der Waals surface area contributed by atoms with Gasteiger partial charge in [-0.25, -0.2) is 4.79 Å². The normalized spacial score (nSPS) is 23.1. The highest BCUT2D eigenvalue weighted by Crippen LogP contribution is 2.44. The lowest BCUT2D eigenvalue weighted by Crippen LogP contribution is -2.52. The van der Waals surface area contributed by atoms with Gasteiger partial charge in [0, 0.05) is 12.3 Å². The van der Waals surface area contributed by atoms with E-state index < -0.39 is 24.0 Å². The molecule has 178 valence electrons. The fourth-order valence-corrected chi connectivity index (χ4v) is 5.39. The fraction of sp³-hybridized carbons (Fsp3) is 0.423. The molecular formula is C26H28N2O6. The first kappa shape index (κ1) is 22.4. The molecule has 2 heterocycles. The summed E-state index contributed by atoms with van der Waals surface area (Å²) in [4.78, 5) is 36.6. The predicted octanol–water partition coefficient (Wildman–Crippen LogP) is 3.19. The van der Waals surface area contributed by atoms with Gasteiger partial charge in [-0.2, -0.15) is 0 Å². The van der Waals surface area contributed by atoms with Crippen molar-refractivity contribution in [2.45, 2.75) is 62.3 Å². The van der Waals surface area contributed by atoms with Crippen molar-refractivity contribution in [3.63, 3.8) is 0 Å². The lowest BCUT2D eigenvalue weighted by atomic mass is 9.95. The van der Waals surface area contributed by atoms with E-state index in [4.69, 9.17) is 14.6 Å². The van der Waals surface area contributed by atoms with Crippen LogP contribution in [-0.4, -0.2) is 54.0 Å². The maximum absolute atomic E-state index is 12.9. The van der Waals surface area contributed by atoms with Crippen molar-refractivity contribution in [2.24, 2.45) is 0 Å². The summed E-state index contributed by atoms with van der Waals surface area (Å²) in [6, 6.07) is 15.0. The Morgan fingerprint density at radius 1 is 1.03 bits per heavy atom. The minimum atomic E-state index is -1.03. The number of ether oxygens (including phenoxy) is 2. The van der Waals surface area contributed by atoms with Gasteiger partial charge in [0.2, 0.25) is 5.91 Å². The Hall–Kier alpha value is -3.39. The van der Waals surface area contributed by atoms with E-state index in [1.807, 2.05) is 36.4 Å². The first-order valence-corrected chi connectivity index (χ1v) is 11.8. The van der Waals surface area contributed by atoms with Crippen LogP contribution in [-0.2, 0) is 19.1 Å². The van der Waals surface area contributed by atoms with E-state index in [9.17, 15) is 14.4 Å². The van der Waals surface area contributed by atoms with Crippen LogP contribution in [0.4, 0.5) is 4.79 Å². The molecule has 0 saturated carbocycles. The van der Waals surface area contributed by atoms with Gasteiger partial charge in [-0.1, -0.05) is 48.5 Å². The molecule has 3 aliphatic rings. The molecule has 0 radical (unpaired) electrons. The molecule has 8 nitrogen and oxygen atoms in total. The number of aliphatic carboxylic acids is 1. The maximum atomic E-state index is 12.9. The van der Waals surface area contributed by atoms with Gasteiger partial charge < -0.3 is 25.2 Å². The number of fused-ring (bicyclic) bond motifs is 5. The molecule has 4 unspecified atom stereocenters. The van der Waals surface area contributed by atoms with E-state index in [1.165, 1.54) is 0 Å². The van der Waals surface area contributed by atoms with E-state index in [0.29, 0.717) is 0 Å².